The number of nitriles is 1. The number of hydrogen-bond acceptors (Lipinski definition) is 5. The SMILES string of the molecule is N#Cc1ncccc1N1CCN(c2ccccn2)CC1. The molecule has 0 saturated carbocycles. The van der Waals surface area contributed by atoms with Crippen molar-refractivity contribution in [3.8, 4) is 6.07 Å². The number of hydrogen-bond donors (Lipinski definition) is 0. The van der Waals surface area contributed by atoms with Crippen molar-refractivity contribution in [2.45, 2.75) is 0 Å². The lowest BCUT2D eigenvalue weighted by Gasteiger charge is -2.36. The Labute approximate surface area is 118 Å². The maximum absolute atomic E-state index is 9.12. The van der Waals surface area contributed by atoms with Crippen LogP contribution in [-0.2, 0) is 0 Å². The van der Waals surface area contributed by atoms with Gasteiger partial charge < -0.3 is 9.80 Å². The third-order valence-corrected chi connectivity index (χ3v) is 3.49. The Morgan fingerprint density at radius 1 is 0.900 bits per heavy atom. The monoisotopic (exact) mass is 265 g/mol. The summed E-state index contributed by atoms with van der Waals surface area (Å²) in [7, 11) is 0. The lowest BCUT2D eigenvalue weighted by Crippen LogP contribution is -2.47. The Morgan fingerprint density at radius 3 is 2.35 bits per heavy atom. The third-order valence-electron chi connectivity index (χ3n) is 3.49. The van der Waals surface area contributed by atoms with Gasteiger partial charge >= 0.3 is 0 Å². The summed E-state index contributed by atoms with van der Waals surface area (Å²) in [5.74, 6) is 1.01. The normalized spacial score (nSPS) is 14.9. The Morgan fingerprint density at radius 2 is 1.65 bits per heavy atom. The smallest absolute Gasteiger partial charge is 0.163 e. The van der Waals surface area contributed by atoms with E-state index in [1.165, 1.54) is 0 Å². The van der Waals surface area contributed by atoms with E-state index >= 15 is 0 Å². The molecule has 0 aliphatic carbocycles. The second-order valence-electron chi connectivity index (χ2n) is 4.64. The summed E-state index contributed by atoms with van der Waals surface area (Å²) in [6, 6.07) is 12.0. The molecule has 20 heavy (non-hydrogen) atoms. The van der Waals surface area contributed by atoms with E-state index in [1.54, 1.807) is 6.20 Å². The van der Waals surface area contributed by atoms with E-state index < -0.39 is 0 Å². The first-order valence-electron chi connectivity index (χ1n) is 6.64. The fourth-order valence-corrected chi connectivity index (χ4v) is 2.46. The van der Waals surface area contributed by atoms with Crippen molar-refractivity contribution < 1.29 is 0 Å². The van der Waals surface area contributed by atoms with Gasteiger partial charge in [-0.05, 0) is 24.3 Å². The zero-order valence-corrected chi connectivity index (χ0v) is 11.1. The van der Waals surface area contributed by atoms with Crippen LogP contribution < -0.4 is 9.80 Å². The molecule has 0 spiro atoms. The molecule has 3 heterocycles. The minimum atomic E-state index is 0.499. The molecule has 0 atom stereocenters. The van der Waals surface area contributed by atoms with Crippen molar-refractivity contribution in [1.29, 1.82) is 5.26 Å². The van der Waals surface area contributed by atoms with Gasteiger partial charge in [-0.15, -0.1) is 0 Å². The van der Waals surface area contributed by atoms with Gasteiger partial charge in [0.05, 0.1) is 5.69 Å². The first-order valence-corrected chi connectivity index (χ1v) is 6.64. The van der Waals surface area contributed by atoms with Crippen molar-refractivity contribution in [2.24, 2.45) is 0 Å². The molecule has 5 nitrogen and oxygen atoms in total. The van der Waals surface area contributed by atoms with Gasteiger partial charge in [0.2, 0.25) is 0 Å². The first-order chi connectivity index (χ1) is 9.88. The van der Waals surface area contributed by atoms with E-state index in [9.17, 15) is 0 Å². The number of rotatable bonds is 2. The van der Waals surface area contributed by atoms with Crippen LogP contribution in [0.5, 0.6) is 0 Å². The Balaban J connectivity index is 1.72. The van der Waals surface area contributed by atoms with Crippen LogP contribution in [0.1, 0.15) is 5.69 Å². The van der Waals surface area contributed by atoms with Crippen LogP contribution in [0.2, 0.25) is 0 Å². The van der Waals surface area contributed by atoms with E-state index in [-0.39, 0.29) is 0 Å². The summed E-state index contributed by atoms with van der Waals surface area (Å²) in [4.78, 5) is 13.0. The van der Waals surface area contributed by atoms with E-state index in [0.717, 1.165) is 37.7 Å². The topological polar surface area (TPSA) is 56.1 Å². The fraction of sp³-hybridized carbons (Fsp3) is 0.267. The molecular formula is C15H15N5. The highest BCUT2D eigenvalue weighted by atomic mass is 15.3. The molecule has 3 rings (SSSR count). The average molecular weight is 265 g/mol. The highest BCUT2D eigenvalue weighted by molar-refractivity contribution is 5.57. The zero-order chi connectivity index (χ0) is 13.8. The van der Waals surface area contributed by atoms with Crippen LogP contribution in [0.4, 0.5) is 11.5 Å². The van der Waals surface area contributed by atoms with Crippen LogP contribution in [0.3, 0.4) is 0 Å². The van der Waals surface area contributed by atoms with Crippen LogP contribution in [-0.4, -0.2) is 36.1 Å². The Bertz CT molecular complexity index is 612. The van der Waals surface area contributed by atoms with Gasteiger partial charge in [0.15, 0.2) is 5.69 Å². The molecule has 100 valence electrons. The lowest BCUT2D eigenvalue weighted by molar-refractivity contribution is 0.646. The molecule has 0 amide bonds. The molecule has 1 aliphatic rings. The van der Waals surface area contributed by atoms with Gasteiger partial charge in [-0.25, -0.2) is 9.97 Å². The molecule has 1 fully saturated rings. The molecule has 0 bridgehead atoms. The second kappa shape index (κ2) is 5.57. The number of aromatic nitrogens is 2. The fourth-order valence-electron chi connectivity index (χ4n) is 2.46. The van der Waals surface area contributed by atoms with Gasteiger partial charge in [-0.2, -0.15) is 5.26 Å². The van der Waals surface area contributed by atoms with Crippen LogP contribution in [0.25, 0.3) is 0 Å². The molecule has 1 saturated heterocycles. The quantitative estimate of drug-likeness (QED) is 0.826. The maximum atomic E-state index is 9.12. The predicted molar refractivity (Wildman–Crippen MR) is 77.6 cm³/mol. The van der Waals surface area contributed by atoms with E-state index in [4.69, 9.17) is 5.26 Å². The van der Waals surface area contributed by atoms with E-state index in [0.29, 0.717) is 5.69 Å². The van der Waals surface area contributed by atoms with Gasteiger partial charge in [0, 0.05) is 38.6 Å². The summed E-state index contributed by atoms with van der Waals surface area (Å²) in [6.07, 6.45) is 3.48. The Kier molecular flexibility index (Phi) is 3.46. The minimum Gasteiger partial charge on any atom is -0.366 e. The van der Waals surface area contributed by atoms with Crippen LogP contribution in [0, 0.1) is 11.3 Å². The van der Waals surface area contributed by atoms with Crippen LogP contribution >= 0.6 is 0 Å². The molecule has 0 aromatic carbocycles. The van der Waals surface area contributed by atoms with E-state index in [1.807, 2.05) is 36.5 Å². The van der Waals surface area contributed by atoms with Gasteiger partial charge in [0.25, 0.3) is 0 Å². The van der Waals surface area contributed by atoms with Crippen molar-refractivity contribution in [3.05, 3.63) is 48.4 Å². The minimum absolute atomic E-state index is 0.499. The highest BCUT2D eigenvalue weighted by Gasteiger charge is 2.20. The van der Waals surface area contributed by atoms with Crippen molar-refractivity contribution >= 4 is 11.5 Å². The molecule has 0 radical (unpaired) electrons. The van der Waals surface area contributed by atoms with Crippen molar-refractivity contribution in [3.63, 3.8) is 0 Å². The molecule has 2 aromatic heterocycles. The van der Waals surface area contributed by atoms with Gasteiger partial charge in [-0.3, -0.25) is 0 Å². The summed E-state index contributed by atoms with van der Waals surface area (Å²) in [6.45, 7) is 3.54. The summed E-state index contributed by atoms with van der Waals surface area (Å²) < 4.78 is 0. The zero-order valence-electron chi connectivity index (χ0n) is 11.1. The average Bonchev–Trinajstić information content (AvgIpc) is 2.56. The van der Waals surface area contributed by atoms with E-state index in [2.05, 4.69) is 25.8 Å². The summed E-state index contributed by atoms with van der Waals surface area (Å²) in [5.41, 5.74) is 1.43. The molecule has 0 N–H and O–H groups in total. The first kappa shape index (κ1) is 12.4. The lowest BCUT2D eigenvalue weighted by atomic mass is 10.2. The van der Waals surface area contributed by atoms with Crippen molar-refractivity contribution in [1.82, 2.24) is 9.97 Å². The predicted octanol–water partition coefficient (Wildman–Crippen LogP) is 1.67. The largest absolute Gasteiger partial charge is 0.366 e. The highest BCUT2D eigenvalue weighted by Crippen LogP contribution is 2.21. The molecule has 1 aliphatic heterocycles. The maximum Gasteiger partial charge on any atom is 0.163 e. The molecule has 2 aromatic rings. The van der Waals surface area contributed by atoms with Gasteiger partial charge in [0.1, 0.15) is 11.9 Å². The summed E-state index contributed by atoms with van der Waals surface area (Å²) in [5, 5.41) is 9.12. The number of piperazine rings is 1. The number of pyridine rings is 2. The molecular weight excluding hydrogens is 250 g/mol. The van der Waals surface area contributed by atoms with Crippen LogP contribution in [0.15, 0.2) is 42.7 Å². The van der Waals surface area contributed by atoms with Gasteiger partial charge in [-0.1, -0.05) is 6.07 Å². The number of anilines is 2. The molecule has 0 unspecified atom stereocenters. The third kappa shape index (κ3) is 2.41. The molecule has 5 heteroatoms. The summed E-state index contributed by atoms with van der Waals surface area (Å²) >= 11 is 0. The number of nitrogens with zero attached hydrogens (tertiary/aromatic N) is 5. The Hall–Kier alpha value is -2.61. The standard InChI is InChI=1S/C15H15N5/c16-12-13-14(4-3-7-17-13)19-8-10-20(11-9-19)15-5-1-2-6-18-15/h1-7H,8-11H2. The second-order valence-corrected chi connectivity index (χ2v) is 4.64. The van der Waals surface area contributed by atoms with Crippen molar-refractivity contribution in [2.75, 3.05) is 36.0 Å².